The Kier molecular flexibility index (Phi) is 3.43. The third kappa shape index (κ3) is 2.65. The molecule has 0 spiro atoms. The van der Waals surface area contributed by atoms with Gasteiger partial charge in [-0.25, -0.2) is 4.79 Å². The highest BCUT2D eigenvalue weighted by Gasteiger charge is 2.14. The van der Waals surface area contributed by atoms with Crippen LogP contribution in [-0.4, -0.2) is 16.6 Å². The van der Waals surface area contributed by atoms with Crippen LogP contribution in [0.2, 0.25) is 0 Å². The summed E-state index contributed by atoms with van der Waals surface area (Å²) in [5, 5.41) is 0.747. The zero-order chi connectivity index (χ0) is 14.8. The Bertz CT molecular complexity index is 866. The van der Waals surface area contributed by atoms with E-state index in [1.54, 1.807) is 12.1 Å². The summed E-state index contributed by atoms with van der Waals surface area (Å²) in [6.45, 7) is 2.73. The first-order chi connectivity index (χ1) is 10.2. The molecule has 0 bridgehead atoms. The Morgan fingerprint density at radius 3 is 2.95 bits per heavy atom. The number of ether oxygens (including phenoxy) is 1. The summed E-state index contributed by atoms with van der Waals surface area (Å²) < 4.78 is 11.1. The lowest BCUT2D eigenvalue weighted by Crippen LogP contribution is -2.24. The van der Waals surface area contributed by atoms with Crippen molar-refractivity contribution >= 4 is 11.0 Å². The van der Waals surface area contributed by atoms with Gasteiger partial charge in [0, 0.05) is 11.5 Å². The molecule has 3 rings (SSSR count). The normalized spacial score (nSPS) is 11.1. The lowest BCUT2D eigenvalue weighted by Gasteiger charge is -2.08. The van der Waals surface area contributed by atoms with Crippen LogP contribution in [0.25, 0.3) is 22.4 Å². The van der Waals surface area contributed by atoms with E-state index in [1.165, 1.54) is 0 Å². The smallest absolute Gasteiger partial charge is 0.351 e. The molecule has 1 aromatic rings. The van der Waals surface area contributed by atoms with Crippen LogP contribution in [0.15, 0.2) is 38.3 Å². The van der Waals surface area contributed by atoms with Crippen molar-refractivity contribution in [3.8, 4) is 17.2 Å². The molecular formula is C15H14N2O4. The molecule has 2 aliphatic rings. The van der Waals surface area contributed by atoms with Crippen molar-refractivity contribution in [3.05, 3.63) is 45.1 Å². The van der Waals surface area contributed by atoms with Crippen LogP contribution in [-0.2, 0) is 0 Å². The SMILES string of the molecule is CCCCOc1ccc2cc3c(=O)[nH]c(=O)nc-3oc2c1. The number of hydrogen-bond acceptors (Lipinski definition) is 5. The molecule has 1 aromatic carbocycles. The average molecular weight is 286 g/mol. The van der Waals surface area contributed by atoms with Gasteiger partial charge in [-0.3, -0.25) is 9.78 Å². The van der Waals surface area contributed by atoms with Gasteiger partial charge in [0.25, 0.3) is 5.56 Å². The van der Waals surface area contributed by atoms with Crippen LogP contribution in [0.4, 0.5) is 0 Å². The number of rotatable bonds is 4. The van der Waals surface area contributed by atoms with Gasteiger partial charge >= 0.3 is 5.69 Å². The van der Waals surface area contributed by atoms with Crippen molar-refractivity contribution in [2.75, 3.05) is 6.61 Å². The van der Waals surface area contributed by atoms with Gasteiger partial charge in [0.1, 0.15) is 16.9 Å². The Morgan fingerprint density at radius 1 is 1.29 bits per heavy atom. The highest BCUT2D eigenvalue weighted by atomic mass is 16.5. The van der Waals surface area contributed by atoms with Gasteiger partial charge in [-0.1, -0.05) is 13.3 Å². The van der Waals surface area contributed by atoms with Crippen molar-refractivity contribution in [1.29, 1.82) is 0 Å². The van der Waals surface area contributed by atoms with E-state index in [0.29, 0.717) is 17.9 Å². The van der Waals surface area contributed by atoms with Crippen molar-refractivity contribution in [3.63, 3.8) is 0 Å². The van der Waals surface area contributed by atoms with E-state index in [2.05, 4.69) is 16.9 Å². The fourth-order valence-corrected chi connectivity index (χ4v) is 2.05. The van der Waals surface area contributed by atoms with Gasteiger partial charge in [-0.2, -0.15) is 4.98 Å². The number of hydrogen-bond donors (Lipinski definition) is 1. The van der Waals surface area contributed by atoms with Crippen LogP contribution in [0, 0.1) is 0 Å². The summed E-state index contributed by atoms with van der Waals surface area (Å²) in [5.74, 6) is 0.716. The molecule has 0 saturated heterocycles. The second kappa shape index (κ2) is 5.40. The van der Waals surface area contributed by atoms with Crippen LogP contribution in [0.5, 0.6) is 5.75 Å². The van der Waals surface area contributed by atoms with Crippen LogP contribution < -0.4 is 16.0 Å². The molecule has 0 amide bonds. The Labute approximate surface area is 119 Å². The summed E-state index contributed by atoms with van der Waals surface area (Å²) in [4.78, 5) is 28.7. The molecule has 0 atom stereocenters. The van der Waals surface area contributed by atoms with Crippen LogP contribution in [0.3, 0.4) is 0 Å². The van der Waals surface area contributed by atoms with E-state index in [4.69, 9.17) is 9.15 Å². The second-order valence-corrected chi connectivity index (χ2v) is 4.74. The topological polar surface area (TPSA) is 85.2 Å². The van der Waals surface area contributed by atoms with Gasteiger partial charge < -0.3 is 9.15 Å². The summed E-state index contributed by atoms with van der Waals surface area (Å²) >= 11 is 0. The molecule has 0 radical (unpaired) electrons. The summed E-state index contributed by atoms with van der Waals surface area (Å²) in [7, 11) is 0. The fourth-order valence-electron chi connectivity index (χ4n) is 2.05. The number of benzene rings is 1. The highest BCUT2D eigenvalue weighted by molar-refractivity contribution is 5.82. The maximum atomic E-state index is 11.7. The van der Waals surface area contributed by atoms with Gasteiger partial charge in [-0.05, 0) is 24.6 Å². The number of fused-ring (bicyclic) bond motifs is 2. The molecule has 0 aliphatic carbocycles. The average Bonchev–Trinajstić information content (AvgIpc) is 2.45. The van der Waals surface area contributed by atoms with Crippen molar-refractivity contribution in [2.45, 2.75) is 19.8 Å². The van der Waals surface area contributed by atoms with Gasteiger partial charge in [0.15, 0.2) is 0 Å². The number of nitrogens with zero attached hydrogens (tertiary/aromatic N) is 1. The number of nitrogens with one attached hydrogen (secondary N) is 1. The van der Waals surface area contributed by atoms with E-state index in [9.17, 15) is 9.59 Å². The predicted molar refractivity (Wildman–Crippen MR) is 77.9 cm³/mol. The quantitative estimate of drug-likeness (QED) is 0.586. The number of unbranched alkanes of at least 4 members (excludes halogenated alkanes) is 1. The second-order valence-electron chi connectivity index (χ2n) is 4.74. The van der Waals surface area contributed by atoms with Gasteiger partial charge in [0.05, 0.1) is 6.61 Å². The molecule has 2 aliphatic heterocycles. The highest BCUT2D eigenvalue weighted by Crippen LogP contribution is 2.26. The van der Waals surface area contributed by atoms with E-state index in [1.807, 2.05) is 12.1 Å². The van der Waals surface area contributed by atoms with Crippen molar-refractivity contribution in [2.24, 2.45) is 0 Å². The molecule has 0 saturated carbocycles. The van der Waals surface area contributed by atoms with Crippen LogP contribution in [0.1, 0.15) is 19.8 Å². The predicted octanol–water partition coefficient (Wildman–Crippen LogP) is 2.16. The molecule has 0 fully saturated rings. The molecule has 1 N–H and O–H groups in total. The molecule has 0 unspecified atom stereocenters. The fraction of sp³-hybridized carbons (Fsp3) is 0.267. The first-order valence-electron chi connectivity index (χ1n) is 6.78. The standard InChI is InChI=1S/C15H14N2O4/c1-2-3-6-20-10-5-4-9-7-11-13(18)16-15(19)17-14(11)21-12(9)8-10/h4-5,7-8H,2-3,6H2,1H3,(H,16,18,19). The molecular weight excluding hydrogens is 272 g/mol. The minimum absolute atomic E-state index is 0.0296. The van der Waals surface area contributed by atoms with Gasteiger partial charge in [0.2, 0.25) is 5.89 Å². The number of aromatic nitrogens is 2. The van der Waals surface area contributed by atoms with E-state index < -0.39 is 11.2 Å². The summed E-state index contributed by atoms with van der Waals surface area (Å²) in [6.07, 6.45) is 2.03. The van der Waals surface area contributed by atoms with Crippen molar-refractivity contribution < 1.29 is 9.15 Å². The zero-order valence-corrected chi connectivity index (χ0v) is 11.5. The molecule has 2 heterocycles. The molecule has 0 aromatic heterocycles. The molecule has 6 nitrogen and oxygen atoms in total. The Morgan fingerprint density at radius 2 is 2.14 bits per heavy atom. The first kappa shape index (κ1) is 13.4. The molecule has 21 heavy (non-hydrogen) atoms. The Balaban J connectivity index is 2.09. The van der Waals surface area contributed by atoms with E-state index >= 15 is 0 Å². The Hall–Kier alpha value is -2.63. The monoisotopic (exact) mass is 286 g/mol. The number of aromatic amines is 1. The number of H-pyrrole nitrogens is 1. The van der Waals surface area contributed by atoms with Crippen LogP contribution >= 0.6 is 0 Å². The van der Waals surface area contributed by atoms with E-state index in [-0.39, 0.29) is 11.5 Å². The minimum Gasteiger partial charge on any atom is -0.493 e. The maximum Gasteiger partial charge on any atom is 0.351 e. The van der Waals surface area contributed by atoms with Crippen molar-refractivity contribution in [1.82, 2.24) is 9.97 Å². The lowest BCUT2D eigenvalue weighted by molar-refractivity contribution is 0.309. The lowest BCUT2D eigenvalue weighted by atomic mass is 10.1. The summed E-state index contributed by atoms with van der Waals surface area (Å²) in [6, 6.07) is 7.01. The zero-order valence-electron chi connectivity index (χ0n) is 11.5. The third-order valence-corrected chi connectivity index (χ3v) is 3.16. The van der Waals surface area contributed by atoms with Gasteiger partial charge in [-0.15, -0.1) is 0 Å². The largest absolute Gasteiger partial charge is 0.493 e. The summed E-state index contributed by atoms with van der Waals surface area (Å²) in [5.41, 5.74) is -0.444. The molecule has 108 valence electrons. The first-order valence-corrected chi connectivity index (χ1v) is 6.78. The maximum absolute atomic E-state index is 11.7. The molecule has 6 heteroatoms. The third-order valence-electron chi connectivity index (χ3n) is 3.16. The minimum atomic E-state index is -0.717. The van der Waals surface area contributed by atoms with E-state index in [0.717, 1.165) is 18.2 Å².